The van der Waals surface area contributed by atoms with Gasteiger partial charge < -0.3 is 5.32 Å². The Morgan fingerprint density at radius 2 is 2.09 bits per heavy atom. The summed E-state index contributed by atoms with van der Waals surface area (Å²) in [5.41, 5.74) is 0. The molecule has 0 aromatic carbocycles. The Kier molecular flexibility index (Phi) is 7.97. The van der Waals surface area contributed by atoms with E-state index in [9.17, 15) is 0 Å². The van der Waals surface area contributed by atoms with Gasteiger partial charge in [-0.1, -0.05) is 22.9 Å². The summed E-state index contributed by atoms with van der Waals surface area (Å²) < 4.78 is 0. The number of halogens is 1. The molecular weight excluding hydrogens is 222 g/mol. The normalized spacial score (nSPS) is 16.4. The van der Waals surface area contributed by atoms with Crippen LogP contribution in [0.2, 0.25) is 0 Å². The molecule has 11 heavy (non-hydrogen) atoms. The van der Waals surface area contributed by atoms with Crippen molar-refractivity contribution in [1.29, 1.82) is 0 Å². The van der Waals surface area contributed by atoms with Gasteiger partial charge in [0, 0.05) is 23.7 Å². The van der Waals surface area contributed by atoms with E-state index in [0.29, 0.717) is 6.04 Å². The fourth-order valence-corrected chi connectivity index (χ4v) is 1.61. The van der Waals surface area contributed by atoms with Crippen LogP contribution in [-0.4, -0.2) is 29.9 Å². The third-order valence-corrected chi connectivity index (χ3v) is 3.50. The van der Waals surface area contributed by atoms with Crippen LogP contribution in [-0.2, 0) is 0 Å². The van der Waals surface area contributed by atoms with E-state index in [-0.39, 0.29) is 0 Å². The zero-order valence-corrected chi connectivity index (χ0v) is 9.96. The molecule has 0 amide bonds. The standard InChI is InChI=1S/C8H18BrNS/c1-7(6-9)8(2)10-4-5-11-3/h7-8,10H,4-6H2,1-3H3. The van der Waals surface area contributed by atoms with Gasteiger partial charge in [0.15, 0.2) is 0 Å². The van der Waals surface area contributed by atoms with Crippen LogP contribution in [0.25, 0.3) is 0 Å². The van der Waals surface area contributed by atoms with Gasteiger partial charge in [0.05, 0.1) is 0 Å². The fraction of sp³-hybridized carbons (Fsp3) is 1.00. The lowest BCUT2D eigenvalue weighted by Crippen LogP contribution is -2.34. The molecule has 0 heterocycles. The summed E-state index contributed by atoms with van der Waals surface area (Å²) >= 11 is 5.37. The van der Waals surface area contributed by atoms with Crippen molar-refractivity contribution in [2.75, 3.05) is 23.9 Å². The Balaban J connectivity index is 3.28. The molecule has 0 aliphatic rings. The second-order valence-corrected chi connectivity index (χ2v) is 4.50. The number of rotatable bonds is 6. The summed E-state index contributed by atoms with van der Waals surface area (Å²) in [6, 6.07) is 0.626. The lowest BCUT2D eigenvalue weighted by atomic mass is 10.1. The summed E-state index contributed by atoms with van der Waals surface area (Å²) in [6.45, 7) is 5.62. The van der Waals surface area contributed by atoms with E-state index in [4.69, 9.17) is 0 Å². The number of hydrogen-bond donors (Lipinski definition) is 1. The predicted octanol–water partition coefficient (Wildman–Crippen LogP) is 2.36. The molecular formula is C8H18BrNS. The highest BCUT2D eigenvalue weighted by Crippen LogP contribution is 2.05. The van der Waals surface area contributed by atoms with Gasteiger partial charge in [0.25, 0.3) is 0 Å². The molecule has 0 saturated carbocycles. The van der Waals surface area contributed by atoms with Crippen molar-refractivity contribution in [3.05, 3.63) is 0 Å². The van der Waals surface area contributed by atoms with E-state index in [1.807, 2.05) is 11.8 Å². The number of alkyl halides is 1. The quantitative estimate of drug-likeness (QED) is 0.565. The average molecular weight is 240 g/mol. The van der Waals surface area contributed by atoms with E-state index in [0.717, 1.165) is 17.8 Å². The molecule has 68 valence electrons. The van der Waals surface area contributed by atoms with Crippen LogP contribution >= 0.6 is 27.7 Å². The summed E-state index contributed by atoms with van der Waals surface area (Å²) in [7, 11) is 0. The van der Waals surface area contributed by atoms with Gasteiger partial charge in [-0.05, 0) is 19.1 Å². The monoisotopic (exact) mass is 239 g/mol. The second kappa shape index (κ2) is 7.44. The van der Waals surface area contributed by atoms with Gasteiger partial charge in [-0.15, -0.1) is 0 Å². The van der Waals surface area contributed by atoms with E-state index in [2.05, 4.69) is 41.3 Å². The Morgan fingerprint density at radius 3 is 2.55 bits per heavy atom. The van der Waals surface area contributed by atoms with Gasteiger partial charge in [0.1, 0.15) is 0 Å². The minimum atomic E-state index is 0.626. The van der Waals surface area contributed by atoms with Gasteiger partial charge in [-0.25, -0.2) is 0 Å². The van der Waals surface area contributed by atoms with Crippen LogP contribution in [0, 0.1) is 5.92 Å². The van der Waals surface area contributed by atoms with E-state index in [1.165, 1.54) is 5.75 Å². The first kappa shape index (κ1) is 11.8. The number of nitrogens with one attached hydrogen (secondary N) is 1. The largest absolute Gasteiger partial charge is 0.313 e. The van der Waals surface area contributed by atoms with Crippen molar-refractivity contribution in [1.82, 2.24) is 5.32 Å². The Bertz CT molecular complexity index is 90.2. The maximum absolute atomic E-state index is 3.48. The minimum absolute atomic E-state index is 0.626. The fourth-order valence-electron chi connectivity index (χ4n) is 0.723. The Labute approximate surface area is 82.8 Å². The van der Waals surface area contributed by atoms with Crippen LogP contribution in [0.5, 0.6) is 0 Å². The molecule has 0 saturated heterocycles. The van der Waals surface area contributed by atoms with Crippen molar-refractivity contribution in [2.45, 2.75) is 19.9 Å². The topological polar surface area (TPSA) is 12.0 Å². The molecule has 0 rings (SSSR count). The third kappa shape index (κ3) is 6.00. The van der Waals surface area contributed by atoms with Crippen LogP contribution in [0.1, 0.15) is 13.8 Å². The Hall–Kier alpha value is 0.790. The van der Waals surface area contributed by atoms with Crippen molar-refractivity contribution < 1.29 is 0 Å². The third-order valence-electron chi connectivity index (χ3n) is 1.87. The van der Waals surface area contributed by atoms with E-state index in [1.54, 1.807) is 0 Å². The number of hydrogen-bond acceptors (Lipinski definition) is 2. The SMILES string of the molecule is CSCCNC(C)C(C)CBr. The zero-order valence-electron chi connectivity index (χ0n) is 7.56. The zero-order chi connectivity index (χ0) is 8.69. The van der Waals surface area contributed by atoms with Crippen molar-refractivity contribution >= 4 is 27.7 Å². The van der Waals surface area contributed by atoms with Crippen LogP contribution in [0.3, 0.4) is 0 Å². The molecule has 0 aromatic heterocycles. The highest BCUT2D eigenvalue weighted by atomic mass is 79.9. The van der Waals surface area contributed by atoms with Gasteiger partial charge >= 0.3 is 0 Å². The van der Waals surface area contributed by atoms with Gasteiger partial charge in [0.2, 0.25) is 0 Å². The van der Waals surface area contributed by atoms with Crippen LogP contribution < -0.4 is 5.32 Å². The smallest absolute Gasteiger partial charge is 0.00726 e. The molecule has 0 aromatic rings. The maximum Gasteiger partial charge on any atom is 0.00726 e. The molecule has 2 atom stereocenters. The molecule has 0 fully saturated rings. The van der Waals surface area contributed by atoms with Gasteiger partial charge in [-0.2, -0.15) is 11.8 Å². The van der Waals surface area contributed by atoms with Crippen molar-refractivity contribution in [3.63, 3.8) is 0 Å². The van der Waals surface area contributed by atoms with Crippen LogP contribution in [0.4, 0.5) is 0 Å². The minimum Gasteiger partial charge on any atom is -0.313 e. The highest BCUT2D eigenvalue weighted by Gasteiger charge is 2.08. The average Bonchev–Trinajstić information content (AvgIpc) is 2.03. The Morgan fingerprint density at radius 1 is 1.45 bits per heavy atom. The van der Waals surface area contributed by atoms with Crippen molar-refractivity contribution in [2.24, 2.45) is 5.92 Å². The second-order valence-electron chi connectivity index (χ2n) is 2.87. The molecule has 1 N–H and O–H groups in total. The maximum atomic E-state index is 3.48. The number of thioether (sulfide) groups is 1. The molecule has 0 spiro atoms. The molecule has 0 aliphatic heterocycles. The van der Waals surface area contributed by atoms with Gasteiger partial charge in [-0.3, -0.25) is 0 Å². The summed E-state index contributed by atoms with van der Waals surface area (Å²) in [4.78, 5) is 0. The lowest BCUT2D eigenvalue weighted by Gasteiger charge is -2.18. The molecule has 0 radical (unpaired) electrons. The molecule has 0 aliphatic carbocycles. The summed E-state index contributed by atoms with van der Waals surface area (Å²) in [5, 5.41) is 4.57. The first-order valence-electron chi connectivity index (χ1n) is 4.00. The van der Waals surface area contributed by atoms with E-state index < -0.39 is 0 Å². The van der Waals surface area contributed by atoms with E-state index >= 15 is 0 Å². The molecule has 3 heteroatoms. The first-order valence-corrected chi connectivity index (χ1v) is 6.52. The first-order chi connectivity index (χ1) is 5.22. The lowest BCUT2D eigenvalue weighted by molar-refractivity contribution is 0.446. The predicted molar refractivity (Wildman–Crippen MR) is 58.8 cm³/mol. The molecule has 0 bridgehead atoms. The summed E-state index contributed by atoms with van der Waals surface area (Å²) in [5.74, 6) is 1.93. The highest BCUT2D eigenvalue weighted by molar-refractivity contribution is 9.09. The molecule has 2 unspecified atom stereocenters. The molecule has 1 nitrogen and oxygen atoms in total. The summed E-state index contributed by atoms with van der Waals surface area (Å²) in [6.07, 6.45) is 2.14. The van der Waals surface area contributed by atoms with Crippen molar-refractivity contribution in [3.8, 4) is 0 Å². The van der Waals surface area contributed by atoms with Crippen LogP contribution in [0.15, 0.2) is 0 Å².